The van der Waals surface area contributed by atoms with Crippen LogP contribution in [0.1, 0.15) is 25.0 Å². The second-order valence-corrected chi connectivity index (χ2v) is 6.78. The lowest BCUT2D eigenvalue weighted by molar-refractivity contribution is 0.412. The molecule has 0 aliphatic heterocycles. The van der Waals surface area contributed by atoms with Crippen molar-refractivity contribution in [2.75, 3.05) is 14.2 Å². The van der Waals surface area contributed by atoms with Gasteiger partial charge in [0.2, 0.25) is 0 Å². The van der Waals surface area contributed by atoms with Gasteiger partial charge in [-0.05, 0) is 93.2 Å². The van der Waals surface area contributed by atoms with Gasteiger partial charge in [0.1, 0.15) is 11.5 Å². The zero-order chi connectivity index (χ0) is 17.7. The summed E-state index contributed by atoms with van der Waals surface area (Å²) in [5, 5.41) is 8.67. The normalized spacial score (nSPS) is 12.2. The molecule has 0 bridgehead atoms. The zero-order valence-electron chi connectivity index (χ0n) is 13.9. The molecule has 0 radical (unpaired) electrons. The van der Waals surface area contributed by atoms with E-state index in [1.165, 1.54) is 0 Å². The van der Waals surface area contributed by atoms with Crippen LogP contribution in [0.15, 0.2) is 55.5 Å². The van der Waals surface area contributed by atoms with Crippen LogP contribution >= 0.6 is 31.9 Å². The standard InChI is InChI=1S/C18H18Br2N2O2/c1-11(13-5-7-17(23-3)15(19)9-13)21-22-12(2)14-6-8-18(24-4)16(20)10-14/h5-10H,1-4H3/b21-11-,22-12-. The average Bonchev–Trinajstić information content (AvgIpc) is 2.59. The SMILES string of the molecule is COc1ccc(/C(C)=N\N=C(\C)c2ccc(OC)c(Br)c2)cc1Br. The van der Waals surface area contributed by atoms with Crippen molar-refractivity contribution in [3.05, 3.63) is 56.5 Å². The number of benzene rings is 2. The Morgan fingerprint density at radius 3 is 1.42 bits per heavy atom. The van der Waals surface area contributed by atoms with Gasteiger partial charge in [-0.1, -0.05) is 0 Å². The maximum atomic E-state index is 5.24. The number of ether oxygens (including phenoxy) is 2. The van der Waals surface area contributed by atoms with Gasteiger partial charge in [-0.25, -0.2) is 0 Å². The van der Waals surface area contributed by atoms with Crippen molar-refractivity contribution in [3.8, 4) is 11.5 Å². The second-order valence-electron chi connectivity index (χ2n) is 5.07. The van der Waals surface area contributed by atoms with Crippen molar-refractivity contribution >= 4 is 43.3 Å². The molecule has 0 aliphatic rings. The third-order valence-electron chi connectivity index (χ3n) is 3.49. The molecule has 2 rings (SSSR count). The molecule has 0 amide bonds. The van der Waals surface area contributed by atoms with Crippen molar-refractivity contribution in [2.45, 2.75) is 13.8 Å². The summed E-state index contributed by atoms with van der Waals surface area (Å²) in [5.41, 5.74) is 3.61. The van der Waals surface area contributed by atoms with Crippen LogP contribution in [-0.2, 0) is 0 Å². The van der Waals surface area contributed by atoms with Gasteiger partial charge in [0.25, 0.3) is 0 Å². The third-order valence-corrected chi connectivity index (χ3v) is 4.73. The first kappa shape index (κ1) is 18.7. The molecule has 0 saturated carbocycles. The lowest BCUT2D eigenvalue weighted by atomic mass is 10.1. The monoisotopic (exact) mass is 452 g/mol. The van der Waals surface area contributed by atoms with Crippen molar-refractivity contribution in [2.24, 2.45) is 10.2 Å². The maximum Gasteiger partial charge on any atom is 0.133 e. The molecule has 0 aliphatic carbocycles. The van der Waals surface area contributed by atoms with Crippen molar-refractivity contribution < 1.29 is 9.47 Å². The van der Waals surface area contributed by atoms with E-state index in [4.69, 9.17) is 9.47 Å². The number of methoxy groups -OCH3 is 2. The third kappa shape index (κ3) is 4.45. The molecule has 0 heterocycles. The molecule has 24 heavy (non-hydrogen) atoms. The Balaban J connectivity index is 2.25. The van der Waals surface area contributed by atoms with E-state index in [0.717, 1.165) is 43.0 Å². The molecule has 0 N–H and O–H groups in total. The molecular formula is C18H18Br2N2O2. The van der Waals surface area contributed by atoms with Gasteiger partial charge in [-0.15, -0.1) is 0 Å². The largest absolute Gasteiger partial charge is 0.496 e. The van der Waals surface area contributed by atoms with E-state index in [-0.39, 0.29) is 0 Å². The minimum absolute atomic E-state index is 0.786. The highest BCUT2D eigenvalue weighted by Gasteiger charge is 2.05. The lowest BCUT2D eigenvalue weighted by Crippen LogP contribution is -1.98. The van der Waals surface area contributed by atoms with E-state index in [1.807, 2.05) is 50.2 Å². The Morgan fingerprint density at radius 2 is 1.12 bits per heavy atom. The summed E-state index contributed by atoms with van der Waals surface area (Å²) in [6.07, 6.45) is 0. The van der Waals surface area contributed by atoms with Crippen LogP contribution in [0.3, 0.4) is 0 Å². The van der Waals surface area contributed by atoms with E-state index in [9.17, 15) is 0 Å². The predicted molar refractivity (Wildman–Crippen MR) is 106 cm³/mol. The quantitative estimate of drug-likeness (QED) is 0.445. The van der Waals surface area contributed by atoms with Gasteiger partial charge in [0.05, 0.1) is 34.6 Å². The van der Waals surface area contributed by atoms with E-state index in [0.29, 0.717) is 0 Å². The van der Waals surface area contributed by atoms with Crippen molar-refractivity contribution in [3.63, 3.8) is 0 Å². The second kappa shape index (κ2) is 8.44. The summed E-state index contributed by atoms with van der Waals surface area (Å²) in [7, 11) is 3.28. The van der Waals surface area contributed by atoms with Gasteiger partial charge >= 0.3 is 0 Å². The van der Waals surface area contributed by atoms with Crippen molar-refractivity contribution in [1.29, 1.82) is 0 Å². The summed E-state index contributed by atoms with van der Waals surface area (Å²) < 4.78 is 12.2. The molecule has 2 aromatic carbocycles. The van der Waals surface area contributed by atoms with E-state index in [2.05, 4.69) is 42.1 Å². The summed E-state index contributed by atoms with van der Waals surface area (Å²) in [6, 6.07) is 11.6. The van der Waals surface area contributed by atoms with Gasteiger partial charge in [-0.2, -0.15) is 10.2 Å². The first-order valence-electron chi connectivity index (χ1n) is 7.23. The molecule has 0 saturated heterocycles. The molecule has 2 aromatic rings. The highest BCUT2D eigenvalue weighted by atomic mass is 79.9. The van der Waals surface area contributed by atoms with Crippen LogP contribution in [0.4, 0.5) is 0 Å². The van der Waals surface area contributed by atoms with Crippen LogP contribution in [0.5, 0.6) is 11.5 Å². The van der Waals surface area contributed by atoms with Gasteiger partial charge in [0.15, 0.2) is 0 Å². The number of halogens is 2. The van der Waals surface area contributed by atoms with Crippen LogP contribution in [0.2, 0.25) is 0 Å². The Bertz CT molecular complexity index is 734. The first-order valence-corrected chi connectivity index (χ1v) is 8.81. The van der Waals surface area contributed by atoms with Gasteiger partial charge < -0.3 is 9.47 Å². The lowest BCUT2D eigenvalue weighted by Gasteiger charge is -2.06. The van der Waals surface area contributed by atoms with Crippen LogP contribution < -0.4 is 9.47 Å². The van der Waals surface area contributed by atoms with Crippen LogP contribution in [0.25, 0.3) is 0 Å². The fourth-order valence-corrected chi connectivity index (χ4v) is 3.13. The molecular weight excluding hydrogens is 436 g/mol. The average molecular weight is 454 g/mol. The minimum atomic E-state index is 0.786. The Morgan fingerprint density at radius 1 is 0.750 bits per heavy atom. The summed E-state index contributed by atoms with van der Waals surface area (Å²) in [4.78, 5) is 0. The molecule has 126 valence electrons. The highest BCUT2D eigenvalue weighted by Crippen LogP contribution is 2.27. The fraction of sp³-hybridized carbons (Fsp3) is 0.222. The minimum Gasteiger partial charge on any atom is -0.496 e. The highest BCUT2D eigenvalue weighted by molar-refractivity contribution is 9.10. The van der Waals surface area contributed by atoms with Crippen LogP contribution in [0, 0.1) is 0 Å². The number of nitrogens with zero attached hydrogens (tertiary/aromatic N) is 2. The predicted octanol–water partition coefficient (Wildman–Crippen LogP) is 5.46. The van der Waals surface area contributed by atoms with Crippen LogP contribution in [-0.4, -0.2) is 25.6 Å². The molecule has 0 aromatic heterocycles. The number of hydrogen-bond acceptors (Lipinski definition) is 4. The summed E-state index contributed by atoms with van der Waals surface area (Å²) in [5.74, 6) is 1.57. The van der Waals surface area contributed by atoms with Gasteiger partial charge in [0, 0.05) is 0 Å². The Labute approximate surface area is 158 Å². The topological polar surface area (TPSA) is 43.2 Å². The smallest absolute Gasteiger partial charge is 0.133 e. The Hall–Kier alpha value is -1.66. The summed E-state index contributed by atoms with van der Waals surface area (Å²) >= 11 is 6.96. The maximum absolute atomic E-state index is 5.24. The Kier molecular flexibility index (Phi) is 6.57. The summed E-state index contributed by atoms with van der Waals surface area (Å²) in [6.45, 7) is 3.85. The van der Waals surface area contributed by atoms with E-state index in [1.54, 1.807) is 14.2 Å². The van der Waals surface area contributed by atoms with Gasteiger partial charge in [-0.3, -0.25) is 0 Å². The number of rotatable bonds is 5. The first-order chi connectivity index (χ1) is 11.5. The molecule has 0 atom stereocenters. The van der Waals surface area contributed by atoms with E-state index >= 15 is 0 Å². The van der Waals surface area contributed by atoms with Crippen molar-refractivity contribution in [1.82, 2.24) is 0 Å². The molecule has 6 heteroatoms. The fourth-order valence-electron chi connectivity index (χ4n) is 2.05. The number of hydrogen-bond donors (Lipinski definition) is 0. The molecule has 0 unspecified atom stereocenters. The zero-order valence-corrected chi connectivity index (χ0v) is 17.1. The molecule has 0 fully saturated rings. The molecule has 0 spiro atoms. The van der Waals surface area contributed by atoms with E-state index < -0.39 is 0 Å². The molecule has 4 nitrogen and oxygen atoms in total.